The highest BCUT2D eigenvalue weighted by atomic mass is 16.2. The highest BCUT2D eigenvalue weighted by Crippen LogP contribution is 2.15. The van der Waals surface area contributed by atoms with Crippen LogP contribution in [0.3, 0.4) is 0 Å². The maximum atomic E-state index is 12.8. The van der Waals surface area contributed by atoms with E-state index < -0.39 is 5.56 Å². The maximum absolute atomic E-state index is 12.8. The van der Waals surface area contributed by atoms with Crippen molar-refractivity contribution in [3.8, 4) is 11.3 Å². The third-order valence-electron chi connectivity index (χ3n) is 5.20. The van der Waals surface area contributed by atoms with E-state index in [0.29, 0.717) is 31.9 Å². The fraction of sp³-hybridized carbons (Fsp3) is 0.217. The zero-order valence-electron chi connectivity index (χ0n) is 16.5. The summed E-state index contributed by atoms with van der Waals surface area (Å²) in [6.45, 7) is 1.67. The van der Waals surface area contributed by atoms with Crippen molar-refractivity contribution >= 4 is 11.8 Å². The number of rotatable bonds is 4. The Kier molecular flexibility index (Phi) is 5.70. The summed E-state index contributed by atoms with van der Waals surface area (Å²) in [4.78, 5) is 48.1. The summed E-state index contributed by atoms with van der Waals surface area (Å²) in [6, 6.07) is 18.3. The Bertz CT molecular complexity index is 1090. The second-order valence-electron chi connectivity index (χ2n) is 7.15. The van der Waals surface area contributed by atoms with Gasteiger partial charge >= 0.3 is 0 Å². The number of pyridine rings is 2. The number of benzene rings is 1. The molecular weight excluding hydrogens is 380 g/mol. The molecule has 30 heavy (non-hydrogen) atoms. The highest BCUT2D eigenvalue weighted by Gasteiger charge is 2.26. The summed E-state index contributed by atoms with van der Waals surface area (Å²) in [5, 5.41) is 0. The monoisotopic (exact) mass is 402 g/mol. The molecule has 152 valence electrons. The van der Waals surface area contributed by atoms with Gasteiger partial charge in [-0.15, -0.1) is 0 Å². The molecule has 1 saturated heterocycles. The number of H-pyrrole nitrogens is 1. The summed E-state index contributed by atoms with van der Waals surface area (Å²) in [6.07, 6.45) is 1.91. The summed E-state index contributed by atoms with van der Waals surface area (Å²) in [5.74, 6) is -0.321. The molecule has 1 aromatic carbocycles. The van der Waals surface area contributed by atoms with E-state index in [0.717, 1.165) is 11.3 Å². The van der Waals surface area contributed by atoms with Crippen molar-refractivity contribution in [1.29, 1.82) is 0 Å². The molecule has 0 aliphatic carbocycles. The van der Waals surface area contributed by atoms with Gasteiger partial charge in [0.15, 0.2) is 0 Å². The quantitative estimate of drug-likeness (QED) is 0.723. The summed E-state index contributed by atoms with van der Waals surface area (Å²) in [7, 11) is 0. The fourth-order valence-corrected chi connectivity index (χ4v) is 3.53. The fourth-order valence-electron chi connectivity index (χ4n) is 3.53. The molecule has 1 aliphatic heterocycles. The second kappa shape index (κ2) is 8.73. The lowest BCUT2D eigenvalue weighted by Crippen LogP contribution is -2.51. The number of hydrogen-bond donors (Lipinski definition) is 1. The number of piperazine rings is 1. The summed E-state index contributed by atoms with van der Waals surface area (Å²) >= 11 is 0. The number of aromatic nitrogens is 2. The van der Waals surface area contributed by atoms with Crippen LogP contribution in [0.1, 0.15) is 16.1 Å². The number of hydrogen-bond acceptors (Lipinski definition) is 4. The Hall–Kier alpha value is -3.74. The molecule has 0 spiro atoms. The largest absolute Gasteiger partial charge is 0.339 e. The molecule has 2 aromatic heterocycles. The van der Waals surface area contributed by atoms with E-state index in [2.05, 4.69) is 9.97 Å². The first-order chi connectivity index (χ1) is 14.6. The number of nitrogens with zero attached hydrogens (tertiary/aromatic N) is 3. The van der Waals surface area contributed by atoms with Crippen LogP contribution < -0.4 is 5.56 Å². The van der Waals surface area contributed by atoms with Crippen molar-refractivity contribution in [3.05, 3.63) is 88.5 Å². The molecule has 0 saturated carbocycles. The van der Waals surface area contributed by atoms with Crippen molar-refractivity contribution < 1.29 is 9.59 Å². The normalized spacial score (nSPS) is 13.9. The van der Waals surface area contributed by atoms with Crippen LogP contribution in [0.25, 0.3) is 11.3 Å². The number of carbonyl (C=O) groups excluding carboxylic acids is 2. The molecule has 4 rings (SSSR count). The molecule has 0 radical (unpaired) electrons. The molecular formula is C23H22N4O3. The number of aromatic amines is 1. The van der Waals surface area contributed by atoms with Gasteiger partial charge in [0.2, 0.25) is 5.91 Å². The van der Waals surface area contributed by atoms with Crippen LogP contribution in [0.5, 0.6) is 0 Å². The van der Waals surface area contributed by atoms with Crippen LogP contribution in [-0.4, -0.2) is 57.8 Å². The van der Waals surface area contributed by atoms with Crippen LogP contribution in [0, 0.1) is 0 Å². The lowest BCUT2D eigenvalue weighted by molar-refractivity contribution is -0.132. The molecule has 1 aliphatic rings. The van der Waals surface area contributed by atoms with Crippen molar-refractivity contribution in [2.75, 3.05) is 26.2 Å². The Balaban J connectivity index is 1.38. The first kappa shape index (κ1) is 19.6. The topological polar surface area (TPSA) is 86.4 Å². The van der Waals surface area contributed by atoms with E-state index in [1.165, 1.54) is 0 Å². The number of nitrogens with one attached hydrogen (secondary N) is 1. The summed E-state index contributed by atoms with van der Waals surface area (Å²) in [5.41, 5.74) is 1.99. The van der Waals surface area contributed by atoms with Gasteiger partial charge in [-0.2, -0.15) is 0 Å². The molecule has 0 atom stereocenters. The van der Waals surface area contributed by atoms with Gasteiger partial charge in [0, 0.05) is 43.8 Å². The molecule has 7 nitrogen and oxygen atoms in total. The van der Waals surface area contributed by atoms with E-state index in [1.54, 1.807) is 28.1 Å². The standard InChI is InChI=1S/C23H22N4O3/c28-21(16-18-8-4-5-11-24-18)26-12-14-27(15-13-26)23(30)19-9-10-20(25-22(19)29)17-6-2-1-3-7-17/h1-11H,12-16H2,(H,25,29). The smallest absolute Gasteiger partial charge is 0.261 e. The average Bonchev–Trinajstić information content (AvgIpc) is 2.80. The van der Waals surface area contributed by atoms with Crippen molar-refractivity contribution in [1.82, 2.24) is 19.8 Å². The third-order valence-corrected chi connectivity index (χ3v) is 5.20. The molecule has 1 N–H and O–H groups in total. The van der Waals surface area contributed by atoms with Gasteiger partial charge in [0.25, 0.3) is 11.5 Å². The average molecular weight is 402 g/mol. The van der Waals surface area contributed by atoms with E-state index in [9.17, 15) is 14.4 Å². The van der Waals surface area contributed by atoms with Crippen LogP contribution in [0.4, 0.5) is 0 Å². The maximum Gasteiger partial charge on any atom is 0.261 e. The second-order valence-corrected chi connectivity index (χ2v) is 7.15. The van der Waals surface area contributed by atoms with Crippen LogP contribution in [0.15, 0.2) is 71.7 Å². The van der Waals surface area contributed by atoms with Gasteiger partial charge in [-0.1, -0.05) is 36.4 Å². The molecule has 0 bridgehead atoms. The van der Waals surface area contributed by atoms with E-state index >= 15 is 0 Å². The molecule has 3 aromatic rings. The van der Waals surface area contributed by atoms with Gasteiger partial charge in [0.1, 0.15) is 5.56 Å². The zero-order chi connectivity index (χ0) is 20.9. The van der Waals surface area contributed by atoms with Gasteiger partial charge < -0.3 is 14.8 Å². The highest BCUT2D eigenvalue weighted by molar-refractivity contribution is 5.94. The molecule has 1 fully saturated rings. The lowest BCUT2D eigenvalue weighted by atomic mass is 10.1. The first-order valence-corrected chi connectivity index (χ1v) is 9.87. The van der Waals surface area contributed by atoms with Gasteiger partial charge in [-0.3, -0.25) is 19.4 Å². The first-order valence-electron chi connectivity index (χ1n) is 9.87. The Morgan fingerprint density at radius 1 is 0.867 bits per heavy atom. The Labute approximate surface area is 174 Å². The summed E-state index contributed by atoms with van der Waals surface area (Å²) < 4.78 is 0. The number of carbonyl (C=O) groups is 2. The van der Waals surface area contributed by atoms with Crippen LogP contribution in [0.2, 0.25) is 0 Å². The lowest BCUT2D eigenvalue weighted by Gasteiger charge is -2.34. The Morgan fingerprint density at radius 3 is 2.23 bits per heavy atom. The zero-order valence-corrected chi connectivity index (χ0v) is 16.5. The van der Waals surface area contributed by atoms with E-state index in [4.69, 9.17) is 0 Å². The van der Waals surface area contributed by atoms with E-state index in [1.807, 2.05) is 48.5 Å². The number of amides is 2. The minimum Gasteiger partial charge on any atom is -0.339 e. The van der Waals surface area contributed by atoms with Crippen LogP contribution >= 0.6 is 0 Å². The van der Waals surface area contributed by atoms with Gasteiger partial charge in [-0.25, -0.2) is 0 Å². The van der Waals surface area contributed by atoms with E-state index in [-0.39, 0.29) is 23.8 Å². The molecule has 7 heteroatoms. The SMILES string of the molecule is O=C(Cc1ccccn1)N1CCN(C(=O)c2ccc(-c3ccccc3)[nH]c2=O)CC1. The van der Waals surface area contributed by atoms with Gasteiger partial charge in [-0.05, 0) is 29.8 Å². The predicted octanol–water partition coefficient (Wildman–Crippen LogP) is 1.96. The van der Waals surface area contributed by atoms with Gasteiger partial charge in [0.05, 0.1) is 6.42 Å². The third kappa shape index (κ3) is 4.30. The van der Waals surface area contributed by atoms with Crippen LogP contribution in [-0.2, 0) is 11.2 Å². The minimum absolute atomic E-state index is 0.00846. The molecule has 2 amide bonds. The van der Waals surface area contributed by atoms with Crippen molar-refractivity contribution in [2.24, 2.45) is 0 Å². The molecule has 3 heterocycles. The van der Waals surface area contributed by atoms with Crippen molar-refractivity contribution in [2.45, 2.75) is 6.42 Å². The minimum atomic E-state index is -0.407. The van der Waals surface area contributed by atoms with Crippen molar-refractivity contribution in [3.63, 3.8) is 0 Å². The predicted molar refractivity (Wildman–Crippen MR) is 113 cm³/mol. The Morgan fingerprint density at radius 2 is 1.57 bits per heavy atom. The molecule has 0 unspecified atom stereocenters.